The zero-order valence-corrected chi connectivity index (χ0v) is 11.3. The molecular weight excluding hydrogens is 318 g/mol. The lowest BCUT2D eigenvalue weighted by atomic mass is 10.1. The zero-order valence-electron chi connectivity index (χ0n) is 9.71. The molecule has 1 unspecified atom stereocenters. The molecule has 0 aliphatic carbocycles. The minimum atomic E-state index is -4.52. The highest BCUT2D eigenvalue weighted by Crippen LogP contribution is 2.37. The highest BCUT2D eigenvalue weighted by atomic mass is 35.5. The lowest BCUT2D eigenvalue weighted by Gasteiger charge is -2.15. The van der Waals surface area contributed by atoms with Crippen LogP contribution in [0.4, 0.5) is 17.6 Å². The minimum Gasteiger partial charge on any atom is -0.271 e. The van der Waals surface area contributed by atoms with Crippen LogP contribution in [0.5, 0.6) is 0 Å². The summed E-state index contributed by atoms with van der Waals surface area (Å²) in [6.45, 7) is 0. The standard InChI is InChI=1S/C11H8ClF4N3S/c12-7-3-5(13)1-2-6(7)9(19-17)8-4-18-10(20-8)11(14,15)16/h1-4,9,19H,17H2. The quantitative estimate of drug-likeness (QED) is 0.516. The number of nitrogens with two attached hydrogens (primary N) is 1. The number of nitrogens with zero attached hydrogens (tertiary/aromatic N) is 1. The van der Waals surface area contributed by atoms with Gasteiger partial charge in [-0.05, 0) is 17.7 Å². The molecule has 0 amide bonds. The maximum absolute atomic E-state index is 13.0. The summed E-state index contributed by atoms with van der Waals surface area (Å²) in [6, 6.07) is 2.77. The van der Waals surface area contributed by atoms with E-state index in [1.165, 1.54) is 6.07 Å². The van der Waals surface area contributed by atoms with Crippen LogP contribution in [0.2, 0.25) is 5.02 Å². The van der Waals surface area contributed by atoms with Crippen LogP contribution >= 0.6 is 22.9 Å². The van der Waals surface area contributed by atoms with Gasteiger partial charge in [0.1, 0.15) is 5.82 Å². The van der Waals surface area contributed by atoms with Crippen molar-refractivity contribution in [3.63, 3.8) is 0 Å². The van der Waals surface area contributed by atoms with Crippen molar-refractivity contribution in [3.8, 4) is 0 Å². The van der Waals surface area contributed by atoms with E-state index in [2.05, 4.69) is 10.4 Å². The Hall–Kier alpha value is -1.22. The van der Waals surface area contributed by atoms with E-state index in [-0.39, 0.29) is 9.90 Å². The maximum Gasteiger partial charge on any atom is 0.443 e. The highest BCUT2D eigenvalue weighted by Gasteiger charge is 2.35. The van der Waals surface area contributed by atoms with Crippen LogP contribution in [-0.2, 0) is 6.18 Å². The molecule has 0 spiro atoms. The van der Waals surface area contributed by atoms with Gasteiger partial charge in [0.2, 0.25) is 0 Å². The van der Waals surface area contributed by atoms with E-state index < -0.39 is 23.0 Å². The number of rotatable bonds is 3. The van der Waals surface area contributed by atoms with Gasteiger partial charge in [-0.3, -0.25) is 5.84 Å². The first-order valence-corrected chi connectivity index (χ1v) is 6.46. The summed E-state index contributed by atoms with van der Waals surface area (Å²) in [7, 11) is 0. The molecule has 0 radical (unpaired) electrons. The first-order chi connectivity index (χ1) is 9.32. The summed E-state index contributed by atoms with van der Waals surface area (Å²) >= 11 is 6.33. The van der Waals surface area contributed by atoms with Crippen molar-refractivity contribution < 1.29 is 17.6 Å². The molecule has 2 aromatic rings. The molecule has 2 rings (SSSR count). The van der Waals surface area contributed by atoms with Gasteiger partial charge in [-0.15, -0.1) is 11.3 Å². The van der Waals surface area contributed by atoms with Crippen molar-refractivity contribution in [2.45, 2.75) is 12.2 Å². The van der Waals surface area contributed by atoms with E-state index in [1.54, 1.807) is 0 Å². The minimum absolute atomic E-state index is 0.0647. The van der Waals surface area contributed by atoms with E-state index in [9.17, 15) is 17.6 Å². The Labute approximate surface area is 120 Å². The molecular formula is C11H8ClF4N3S. The molecule has 108 valence electrons. The van der Waals surface area contributed by atoms with Crippen molar-refractivity contribution >= 4 is 22.9 Å². The van der Waals surface area contributed by atoms with E-state index in [0.29, 0.717) is 16.9 Å². The first kappa shape index (κ1) is 15.2. The molecule has 1 atom stereocenters. The molecule has 1 heterocycles. The van der Waals surface area contributed by atoms with Gasteiger partial charge >= 0.3 is 6.18 Å². The SMILES string of the molecule is NNC(c1cnc(C(F)(F)F)s1)c1ccc(F)cc1Cl. The maximum atomic E-state index is 13.0. The Morgan fingerprint density at radius 3 is 2.55 bits per heavy atom. The van der Waals surface area contributed by atoms with Gasteiger partial charge in [0, 0.05) is 16.1 Å². The highest BCUT2D eigenvalue weighted by molar-refractivity contribution is 7.11. The number of aromatic nitrogens is 1. The Balaban J connectivity index is 2.40. The fourth-order valence-corrected chi connectivity index (χ4v) is 2.75. The molecule has 1 aromatic heterocycles. The summed E-state index contributed by atoms with van der Waals surface area (Å²) in [5, 5.41) is -0.916. The smallest absolute Gasteiger partial charge is 0.271 e. The Morgan fingerprint density at radius 1 is 1.35 bits per heavy atom. The third-order valence-electron chi connectivity index (χ3n) is 2.49. The van der Waals surface area contributed by atoms with Crippen LogP contribution in [-0.4, -0.2) is 4.98 Å². The van der Waals surface area contributed by atoms with Crippen LogP contribution in [0.1, 0.15) is 21.5 Å². The molecule has 0 saturated carbocycles. The average molecular weight is 326 g/mol. The summed E-state index contributed by atoms with van der Waals surface area (Å²) in [5.41, 5.74) is 2.72. The van der Waals surface area contributed by atoms with Gasteiger partial charge in [0.05, 0.1) is 6.04 Å². The third kappa shape index (κ3) is 3.09. The van der Waals surface area contributed by atoms with Crippen LogP contribution in [0.25, 0.3) is 0 Å². The van der Waals surface area contributed by atoms with E-state index in [4.69, 9.17) is 17.4 Å². The lowest BCUT2D eigenvalue weighted by molar-refractivity contribution is -0.137. The summed E-state index contributed by atoms with van der Waals surface area (Å²) in [5.74, 6) is 4.81. The predicted octanol–water partition coefficient (Wildman–Crippen LogP) is 3.51. The second-order valence-electron chi connectivity index (χ2n) is 3.83. The number of alkyl halides is 3. The number of thiazole rings is 1. The number of halogens is 5. The van der Waals surface area contributed by atoms with Crippen molar-refractivity contribution in [2.24, 2.45) is 5.84 Å². The lowest BCUT2D eigenvalue weighted by Crippen LogP contribution is -2.28. The van der Waals surface area contributed by atoms with Crippen molar-refractivity contribution in [2.75, 3.05) is 0 Å². The van der Waals surface area contributed by atoms with Crippen LogP contribution in [0.3, 0.4) is 0 Å². The molecule has 9 heteroatoms. The molecule has 0 aliphatic rings. The monoisotopic (exact) mass is 325 g/mol. The van der Waals surface area contributed by atoms with Gasteiger partial charge in [-0.2, -0.15) is 13.2 Å². The Morgan fingerprint density at radius 2 is 2.05 bits per heavy atom. The molecule has 3 N–H and O–H groups in total. The van der Waals surface area contributed by atoms with Crippen molar-refractivity contribution in [1.82, 2.24) is 10.4 Å². The molecule has 20 heavy (non-hydrogen) atoms. The van der Waals surface area contributed by atoms with Crippen molar-refractivity contribution in [1.29, 1.82) is 0 Å². The van der Waals surface area contributed by atoms with E-state index in [1.807, 2.05) is 0 Å². The molecule has 0 aliphatic heterocycles. The molecule has 1 aromatic carbocycles. The van der Waals surface area contributed by atoms with E-state index >= 15 is 0 Å². The fourth-order valence-electron chi connectivity index (χ4n) is 1.61. The second kappa shape index (κ2) is 5.65. The van der Waals surface area contributed by atoms with Crippen LogP contribution in [0, 0.1) is 5.82 Å². The molecule has 0 saturated heterocycles. The fraction of sp³-hybridized carbons (Fsp3) is 0.182. The van der Waals surface area contributed by atoms with Gasteiger partial charge in [-0.1, -0.05) is 17.7 Å². The number of hydrogen-bond donors (Lipinski definition) is 2. The summed E-state index contributed by atoms with van der Waals surface area (Å²) in [6.07, 6.45) is -3.45. The summed E-state index contributed by atoms with van der Waals surface area (Å²) < 4.78 is 50.6. The third-order valence-corrected chi connectivity index (χ3v) is 3.93. The van der Waals surface area contributed by atoms with Crippen LogP contribution in [0.15, 0.2) is 24.4 Å². The number of nitrogens with one attached hydrogen (secondary N) is 1. The van der Waals surface area contributed by atoms with Crippen molar-refractivity contribution in [3.05, 3.63) is 50.7 Å². The topological polar surface area (TPSA) is 50.9 Å². The predicted molar refractivity (Wildman–Crippen MR) is 67.7 cm³/mol. The zero-order chi connectivity index (χ0) is 14.9. The van der Waals surface area contributed by atoms with E-state index in [0.717, 1.165) is 18.3 Å². The normalized spacial score (nSPS) is 13.5. The Bertz CT molecular complexity index is 614. The largest absolute Gasteiger partial charge is 0.443 e. The van der Waals surface area contributed by atoms with Gasteiger partial charge in [0.25, 0.3) is 0 Å². The Kier molecular flexibility index (Phi) is 4.28. The number of hydrazine groups is 1. The number of hydrogen-bond acceptors (Lipinski definition) is 4. The molecule has 0 bridgehead atoms. The van der Waals surface area contributed by atoms with Gasteiger partial charge in [0.15, 0.2) is 5.01 Å². The first-order valence-electron chi connectivity index (χ1n) is 5.27. The molecule has 0 fully saturated rings. The second-order valence-corrected chi connectivity index (χ2v) is 5.30. The van der Waals surface area contributed by atoms with Gasteiger partial charge < -0.3 is 0 Å². The number of benzene rings is 1. The summed E-state index contributed by atoms with van der Waals surface area (Å²) in [4.78, 5) is 3.54. The average Bonchev–Trinajstić information content (AvgIpc) is 2.82. The van der Waals surface area contributed by atoms with Gasteiger partial charge in [-0.25, -0.2) is 14.8 Å². The van der Waals surface area contributed by atoms with Crippen LogP contribution < -0.4 is 11.3 Å². The molecule has 3 nitrogen and oxygen atoms in total.